The first kappa shape index (κ1) is 22.0. The second-order valence-corrected chi connectivity index (χ2v) is 9.22. The first-order chi connectivity index (χ1) is 14.2. The number of nitrogens with zero attached hydrogens (tertiary/aromatic N) is 1. The van der Waals surface area contributed by atoms with Crippen LogP contribution in [0.25, 0.3) is 0 Å². The van der Waals surface area contributed by atoms with E-state index in [1.165, 1.54) is 51.4 Å². The van der Waals surface area contributed by atoms with E-state index in [-0.39, 0.29) is 18.1 Å². The fourth-order valence-corrected chi connectivity index (χ4v) is 5.36. The topological polar surface area (TPSA) is 23.8 Å². The summed E-state index contributed by atoms with van der Waals surface area (Å²) >= 11 is 0. The summed E-state index contributed by atoms with van der Waals surface area (Å²) in [7, 11) is 0. The highest BCUT2D eigenvalue weighted by Gasteiger charge is 2.25. The Labute approximate surface area is 175 Å². The molecule has 0 bridgehead atoms. The predicted molar refractivity (Wildman–Crippen MR) is 115 cm³/mol. The molecular formula is C26H35F2N. The van der Waals surface area contributed by atoms with Crippen LogP contribution in [-0.4, -0.2) is 6.67 Å². The summed E-state index contributed by atoms with van der Waals surface area (Å²) in [6.45, 7) is -0.241. The van der Waals surface area contributed by atoms with Gasteiger partial charge in [-0.1, -0.05) is 43.9 Å². The van der Waals surface area contributed by atoms with Gasteiger partial charge in [0.15, 0.2) is 0 Å². The van der Waals surface area contributed by atoms with Gasteiger partial charge in [0.05, 0.1) is 12.2 Å². The molecule has 0 aliphatic heterocycles. The number of hydrogen-bond donors (Lipinski definition) is 0. The van der Waals surface area contributed by atoms with Crippen molar-refractivity contribution in [2.45, 2.75) is 83.0 Å². The van der Waals surface area contributed by atoms with Gasteiger partial charge in [0.25, 0.3) is 0 Å². The van der Waals surface area contributed by atoms with Gasteiger partial charge in [-0.25, -0.2) is 4.39 Å². The Hall–Kier alpha value is -1.69. The molecule has 2 saturated carbocycles. The van der Waals surface area contributed by atoms with Gasteiger partial charge in [-0.15, -0.1) is 0 Å². The Morgan fingerprint density at radius 1 is 0.897 bits per heavy atom. The first-order valence-electron chi connectivity index (χ1n) is 11.6. The second-order valence-electron chi connectivity index (χ2n) is 9.22. The fourth-order valence-electron chi connectivity index (χ4n) is 5.36. The predicted octanol–water partition coefficient (Wildman–Crippen LogP) is 7.86. The van der Waals surface area contributed by atoms with E-state index in [0.717, 1.165) is 42.6 Å². The van der Waals surface area contributed by atoms with Gasteiger partial charge in [0.1, 0.15) is 11.9 Å². The minimum Gasteiger partial charge on any atom is -0.251 e. The van der Waals surface area contributed by atoms with Crippen LogP contribution in [0.5, 0.6) is 0 Å². The van der Waals surface area contributed by atoms with Gasteiger partial charge in [-0.2, -0.15) is 5.26 Å². The third-order valence-electron chi connectivity index (χ3n) is 7.29. The molecule has 0 heterocycles. The van der Waals surface area contributed by atoms with E-state index < -0.39 is 0 Å². The molecule has 0 spiro atoms. The zero-order valence-electron chi connectivity index (χ0n) is 17.6. The Morgan fingerprint density at radius 3 is 2.10 bits per heavy atom. The molecule has 29 heavy (non-hydrogen) atoms. The minimum atomic E-state index is -0.374. The summed E-state index contributed by atoms with van der Waals surface area (Å²) in [5.41, 5.74) is 1.21. The lowest BCUT2D eigenvalue weighted by Crippen LogP contribution is -2.17. The van der Waals surface area contributed by atoms with Crippen molar-refractivity contribution >= 4 is 0 Å². The molecule has 1 aromatic carbocycles. The maximum Gasteiger partial charge on any atom is 0.141 e. The zero-order chi connectivity index (χ0) is 20.5. The first-order valence-corrected chi connectivity index (χ1v) is 11.6. The summed E-state index contributed by atoms with van der Waals surface area (Å²) < 4.78 is 26.0. The van der Waals surface area contributed by atoms with E-state index in [0.29, 0.717) is 12.3 Å². The van der Waals surface area contributed by atoms with Crippen LogP contribution < -0.4 is 0 Å². The highest BCUT2D eigenvalue weighted by Crippen LogP contribution is 2.40. The quantitative estimate of drug-likeness (QED) is 0.408. The molecule has 2 aliphatic carbocycles. The van der Waals surface area contributed by atoms with Crippen LogP contribution in [0.2, 0.25) is 0 Å². The standard InChI is InChI=1S/C26H35F2N/c27-17-3-1-2-4-20-5-7-21(8-6-20)9-10-22-11-13-23(14-12-22)24-15-16-25(19-29)26(28)18-24/h1-2,15-16,18,20-23H,3-14,17H2/b2-1+/t20-,21-,22-,23-. The maximum atomic E-state index is 13.9. The zero-order valence-corrected chi connectivity index (χ0v) is 17.6. The molecular weight excluding hydrogens is 364 g/mol. The van der Waals surface area contributed by atoms with Crippen molar-refractivity contribution in [3.05, 3.63) is 47.3 Å². The van der Waals surface area contributed by atoms with Gasteiger partial charge in [0.2, 0.25) is 0 Å². The lowest BCUT2D eigenvalue weighted by atomic mass is 9.74. The molecule has 1 nitrogen and oxygen atoms in total. The van der Waals surface area contributed by atoms with Crippen molar-refractivity contribution in [1.29, 1.82) is 5.26 Å². The van der Waals surface area contributed by atoms with Crippen LogP contribution in [0.15, 0.2) is 30.4 Å². The van der Waals surface area contributed by atoms with Crippen molar-refractivity contribution < 1.29 is 8.78 Å². The average molecular weight is 400 g/mol. The summed E-state index contributed by atoms with van der Waals surface area (Å²) in [6, 6.07) is 7.06. The summed E-state index contributed by atoms with van der Waals surface area (Å²) in [5.74, 6) is 2.61. The average Bonchev–Trinajstić information content (AvgIpc) is 2.76. The van der Waals surface area contributed by atoms with Crippen LogP contribution in [0.3, 0.4) is 0 Å². The SMILES string of the molecule is N#Cc1ccc([C@H]2CC[C@H](CC[C@H]3CC[C@H](C/C=C/CCF)CC3)CC2)cc1F. The summed E-state index contributed by atoms with van der Waals surface area (Å²) in [6.07, 6.45) is 18.8. The smallest absolute Gasteiger partial charge is 0.141 e. The molecule has 1 aromatic rings. The van der Waals surface area contributed by atoms with Gasteiger partial charge < -0.3 is 0 Å². The van der Waals surface area contributed by atoms with Crippen molar-refractivity contribution in [3.63, 3.8) is 0 Å². The maximum absolute atomic E-state index is 13.9. The Morgan fingerprint density at radius 2 is 1.52 bits per heavy atom. The van der Waals surface area contributed by atoms with Crippen molar-refractivity contribution in [2.75, 3.05) is 6.67 Å². The third-order valence-corrected chi connectivity index (χ3v) is 7.29. The minimum absolute atomic E-state index is 0.146. The van der Waals surface area contributed by atoms with E-state index in [1.54, 1.807) is 12.1 Å². The number of halogens is 2. The molecule has 0 radical (unpaired) electrons. The molecule has 2 aliphatic rings. The van der Waals surface area contributed by atoms with Gasteiger partial charge in [0, 0.05) is 0 Å². The largest absolute Gasteiger partial charge is 0.251 e. The van der Waals surface area contributed by atoms with Crippen LogP contribution in [0.1, 0.15) is 94.1 Å². The number of hydrogen-bond acceptors (Lipinski definition) is 1. The van der Waals surface area contributed by atoms with Crippen molar-refractivity contribution in [2.24, 2.45) is 17.8 Å². The lowest BCUT2D eigenvalue weighted by molar-refractivity contribution is 0.231. The number of rotatable bonds is 8. The number of nitriles is 1. The molecule has 158 valence electrons. The van der Waals surface area contributed by atoms with Gasteiger partial charge >= 0.3 is 0 Å². The van der Waals surface area contributed by atoms with E-state index >= 15 is 0 Å². The summed E-state index contributed by atoms with van der Waals surface area (Å²) in [4.78, 5) is 0. The van der Waals surface area contributed by atoms with Crippen LogP contribution in [-0.2, 0) is 0 Å². The fraction of sp³-hybridized carbons (Fsp3) is 0.654. The highest BCUT2D eigenvalue weighted by atomic mass is 19.1. The molecule has 0 atom stereocenters. The van der Waals surface area contributed by atoms with Crippen molar-refractivity contribution in [1.82, 2.24) is 0 Å². The van der Waals surface area contributed by atoms with E-state index in [2.05, 4.69) is 6.08 Å². The van der Waals surface area contributed by atoms with Crippen molar-refractivity contribution in [3.8, 4) is 6.07 Å². The number of alkyl halides is 1. The molecule has 0 saturated heterocycles. The van der Waals surface area contributed by atoms with Crippen LogP contribution in [0, 0.1) is 34.9 Å². The van der Waals surface area contributed by atoms with E-state index in [9.17, 15) is 8.78 Å². The Balaban J connectivity index is 1.34. The van der Waals surface area contributed by atoms with E-state index in [1.807, 2.05) is 18.2 Å². The van der Waals surface area contributed by atoms with Crippen LogP contribution in [0.4, 0.5) is 8.78 Å². The number of allylic oxidation sites excluding steroid dienone is 2. The van der Waals surface area contributed by atoms with Gasteiger partial charge in [-0.3, -0.25) is 4.39 Å². The third kappa shape index (κ3) is 6.66. The van der Waals surface area contributed by atoms with E-state index in [4.69, 9.17) is 5.26 Å². The monoisotopic (exact) mass is 399 g/mol. The Kier molecular flexibility index (Phi) is 8.71. The highest BCUT2D eigenvalue weighted by molar-refractivity contribution is 5.34. The van der Waals surface area contributed by atoms with Crippen LogP contribution >= 0.6 is 0 Å². The second kappa shape index (κ2) is 11.5. The molecule has 3 rings (SSSR count). The molecule has 0 N–H and O–H groups in total. The lowest BCUT2D eigenvalue weighted by Gasteiger charge is -2.32. The molecule has 2 fully saturated rings. The Bertz CT molecular complexity index is 689. The normalized spacial score (nSPS) is 27.8. The van der Waals surface area contributed by atoms with Gasteiger partial charge in [-0.05, 0) is 92.7 Å². The molecule has 0 amide bonds. The molecule has 3 heteroatoms. The molecule has 0 aromatic heterocycles. The summed E-state index contributed by atoms with van der Waals surface area (Å²) in [5, 5.41) is 8.89. The number of benzene rings is 1. The molecule has 0 unspecified atom stereocenters.